The minimum atomic E-state index is -4.47. The number of benzene rings is 2. The molecule has 15 heteroatoms. The Balaban J connectivity index is 1.29. The molecule has 3 fully saturated rings. The first-order chi connectivity index (χ1) is 24.6. The van der Waals surface area contributed by atoms with E-state index in [4.69, 9.17) is 14.9 Å². The van der Waals surface area contributed by atoms with Gasteiger partial charge in [0.1, 0.15) is 16.3 Å². The second kappa shape index (κ2) is 13.4. The van der Waals surface area contributed by atoms with E-state index in [2.05, 4.69) is 22.9 Å². The number of sulfonamides is 1. The summed E-state index contributed by atoms with van der Waals surface area (Å²) in [6, 6.07) is 2.65. The lowest BCUT2D eigenvalue weighted by atomic mass is 9.92. The van der Waals surface area contributed by atoms with Gasteiger partial charge in [-0.15, -0.1) is 0 Å². The molecule has 0 radical (unpaired) electrons. The number of hydrogen-bond donors (Lipinski definition) is 1. The maximum Gasteiger partial charge on any atom is 0.341 e. The summed E-state index contributed by atoms with van der Waals surface area (Å²) in [4.78, 5) is 47.5. The van der Waals surface area contributed by atoms with Crippen molar-refractivity contribution in [3.05, 3.63) is 61.8 Å². The normalized spacial score (nSPS) is 19.7. The second-order valence-corrected chi connectivity index (χ2v) is 16.7. The molecule has 2 aliphatic heterocycles. The number of carbonyl (C=O) groups excluding carboxylic acids is 2. The van der Waals surface area contributed by atoms with Crippen LogP contribution in [0.4, 0.5) is 15.8 Å². The average Bonchev–Trinajstić information content (AvgIpc) is 4.04. The summed E-state index contributed by atoms with van der Waals surface area (Å²) in [6.07, 6.45) is 2.90. The second-order valence-electron chi connectivity index (χ2n) is 14.9. The number of nitrogens with two attached hydrogens (primary N) is 1. The molecule has 3 heterocycles. The Hall–Kier alpha value is -4.05. The largest absolute Gasteiger partial charge is 0.422 e. The maximum absolute atomic E-state index is 16.3. The number of aryl methyl sites for hydroxylation is 2. The minimum Gasteiger partial charge on any atom is -0.422 e. The van der Waals surface area contributed by atoms with Gasteiger partial charge in [-0.3, -0.25) is 14.5 Å². The quantitative estimate of drug-likeness (QED) is 0.308. The smallest absolute Gasteiger partial charge is 0.341 e. The SMILES string of the molecule is COCC1CN(c2cc(C)c3c4c(c(=O)oc3c2C)CN(C(=O)c2c(F)cc(C(N)=O)c(N(C)C)c2S(=O)(=O)N(C2CC2)C2CC2)CC4)CCN1C. The summed E-state index contributed by atoms with van der Waals surface area (Å²) in [5.74, 6) is -3.08. The number of carbonyl (C=O) groups is 2. The van der Waals surface area contributed by atoms with E-state index >= 15 is 4.39 Å². The first-order valence-electron chi connectivity index (χ1n) is 17.8. The number of piperazine rings is 1. The minimum absolute atomic E-state index is 0.102. The number of anilines is 2. The Morgan fingerprint density at radius 1 is 1.06 bits per heavy atom. The van der Waals surface area contributed by atoms with Crippen LogP contribution in [0.25, 0.3) is 11.0 Å². The molecule has 3 aromatic rings. The monoisotopic (exact) mass is 738 g/mol. The lowest BCUT2D eigenvalue weighted by Crippen LogP contribution is -2.53. The topological polar surface area (TPSA) is 150 Å². The van der Waals surface area contributed by atoms with E-state index < -0.39 is 43.7 Å². The predicted molar refractivity (Wildman–Crippen MR) is 195 cm³/mol. The number of amides is 2. The Labute approximate surface area is 303 Å². The molecule has 52 heavy (non-hydrogen) atoms. The van der Waals surface area contributed by atoms with E-state index in [-0.39, 0.29) is 54.5 Å². The number of nitrogens with zero attached hydrogens (tertiary/aromatic N) is 5. The van der Waals surface area contributed by atoms with Gasteiger partial charge in [0.25, 0.3) is 11.8 Å². The molecule has 1 unspecified atom stereocenters. The lowest BCUT2D eigenvalue weighted by Gasteiger charge is -2.41. The predicted octanol–water partition coefficient (Wildman–Crippen LogP) is 2.99. The van der Waals surface area contributed by atoms with E-state index in [9.17, 15) is 22.8 Å². The van der Waals surface area contributed by atoms with Crippen LogP contribution in [0.2, 0.25) is 0 Å². The Morgan fingerprint density at radius 2 is 1.73 bits per heavy atom. The fourth-order valence-electron chi connectivity index (χ4n) is 8.10. The van der Waals surface area contributed by atoms with Crippen molar-refractivity contribution in [1.82, 2.24) is 14.1 Å². The molecule has 2 N–H and O–H groups in total. The highest BCUT2D eigenvalue weighted by molar-refractivity contribution is 7.89. The van der Waals surface area contributed by atoms with Gasteiger partial charge < -0.3 is 29.6 Å². The van der Waals surface area contributed by atoms with Crippen LogP contribution in [0, 0.1) is 19.7 Å². The van der Waals surface area contributed by atoms with Crippen LogP contribution in [-0.4, -0.2) is 114 Å². The summed E-state index contributed by atoms with van der Waals surface area (Å²) >= 11 is 0. The maximum atomic E-state index is 16.3. The van der Waals surface area contributed by atoms with E-state index in [1.54, 1.807) is 7.11 Å². The van der Waals surface area contributed by atoms with Gasteiger partial charge in [-0.2, -0.15) is 4.31 Å². The van der Waals surface area contributed by atoms with Crippen molar-refractivity contribution in [3.63, 3.8) is 0 Å². The van der Waals surface area contributed by atoms with Crippen LogP contribution in [0.1, 0.15) is 68.7 Å². The number of hydrogen-bond acceptors (Lipinski definition) is 10. The number of ether oxygens (including phenoxy) is 1. The number of methoxy groups -OCH3 is 1. The zero-order valence-electron chi connectivity index (χ0n) is 30.6. The molecule has 1 aromatic heterocycles. The number of rotatable bonds is 10. The zero-order valence-corrected chi connectivity index (χ0v) is 31.4. The van der Waals surface area contributed by atoms with Gasteiger partial charge in [-0.25, -0.2) is 17.6 Å². The van der Waals surface area contributed by atoms with Crippen molar-refractivity contribution in [2.75, 3.05) is 70.8 Å². The highest BCUT2D eigenvalue weighted by atomic mass is 32.2. The zero-order chi connectivity index (χ0) is 37.4. The molecular weight excluding hydrogens is 692 g/mol. The number of likely N-dealkylation sites (N-methyl/N-ethyl adjacent to an activating group) is 1. The molecule has 1 saturated heterocycles. The van der Waals surface area contributed by atoms with Crippen LogP contribution in [0.15, 0.2) is 26.2 Å². The van der Waals surface area contributed by atoms with Crippen molar-refractivity contribution >= 4 is 44.2 Å². The van der Waals surface area contributed by atoms with Crippen LogP contribution < -0.4 is 21.2 Å². The molecule has 280 valence electrons. The van der Waals surface area contributed by atoms with Crippen molar-refractivity contribution in [2.45, 2.75) is 75.5 Å². The molecule has 2 aromatic carbocycles. The Bertz CT molecular complexity index is 2130. The summed E-state index contributed by atoms with van der Waals surface area (Å²) < 4.78 is 58.3. The highest BCUT2D eigenvalue weighted by Crippen LogP contribution is 2.45. The van der Waals surface area contributed by atoms with Crippen LogP contribution in [-0.2, 0) is 27.7 Å². The fraction of sp³-hybridized carbons (Fsp3) is 0.541. The molecule has 7 rings (SSSR count). The van der Waals surface area contributed by atoms with Crippen LogP contribution >= 0.6 is 0 Å². The van der Waals surface area contributed by atoms with Crippen molar-refractivity contribution < 1.29 is 31.6 Å². The molecule has 4 aliphatic rings. The molecule has 0 bridgehead atoms. The van der Waals surface area contributed by atoms with Crippen molar-refractivity contribution in [1.29, 1.82) is 0 Å². The number of primary amides is 1. The summed E-state index contributed by atoms with van der Waals surface area (Å²) in [6.45, 7) is 6.84. The summed E-state index contributed by atoms with van der Waals surface area (Å²) in [5.41, 5.74) is 8.20. The third-order valence-electron chi connectivity index (χ3n) is 11.0. The third kappa shape index (κ3) is 6.14. The van der Waals surface area contributed by atoms with Gasteiger partial charge in [0.2, 0.25) is 10.0 Å². The molecule has 2 amide bonds. The molecule has 2 aliphatic carbocycles. The molecule has 13 nitrogen and oxygen atoms in total. The molecular formula is C37H47FN6O7S. The van der Waals surface area contributed by atoms with Gasteiger partial charge in [-0.1, -0.05) is 0 Å². The Morgan fingerprint density at radius 3 is 2.33 bits per heavy atom. The number of fused-ring (bicyclic) bond motifs is 3. The van der Waals surface area contributed by atoms with Gasteiger partial charge in [0, 0.05) is 76.1 Å². The third-order valence-corrected chi connectivity index (χ3v) is 13.1. The standard InChI is InChI=1S/C37H47FN6O7S/c1-20-15-29(42-14-13-41(5)24(17-42)19-50-6)21(2)33-30(20)25-11-12-43(18-27(25)37(47)51-33)36(46)31-28(38)16-26(35(39)45)32(40(3)4)34(31)52(48,49)44(22-7-8-22)23-9-10-23/h15-16,22-24H,7-14,17-19H2,1-6H3,(H2,39,45). The molecule has 2 saturated carbocycles. The fourth-order valence-corrected chi connectivity index (χ4v) is 10.5. The van der Waals surface area contributed by atoms with E-state index in [1.165, 1.54) is 28.2 Å². The van der Waals surface area contributed by atoms with Gasteiger partial charge in [0.15, 0.2) is 0 Å². The van der Waals surface area contributed by atoms with Crippen molar-refractivity contribution in [2.24, 2.45) is 5.73 Å². The first kappa shape index (κ1) is 36.3. The summed E-state index contributed by atoms with van der Waals surface area (Å²) in [5, 5.41) is 0.810. The van der Waals surface area contributed by atoms with Gasteiger partial charge in [0.05, 0.1) is 41.6 Å². The van der Waals surface area contributed by atoms with E-state index in [0.717, 1.165) is 53.5 Å². The first-order valence-corrected chi connectivity index (χ1v) is 19.3. The molecule has 0 spiro atoms. The highest BCUT2D eigenvalue weighted by Gasteiger charge is 2.50. The van der Waals surface area contributed by atoms with Crippen LogP contribution in [0.5, 0.6) is 0 Å². The van der Waals surface area contributed by atoms with E-state index in [1.807, 2.05) is 13.8 Å². The van der Waals surface area contributed by atoms with Gasteiger partial charge in [-0.05, 0) is 76.3 Å². The summed E-state index contributed by atoms with van der Waals surface area (Å²) in [7, 11) is 2.36. The number of halogens is 1. The average molecular weight is 739 g/mol. The van der Waals surface area contributed by atoms with E-state index in [0.29, 0.717) is 37.9 Å². The van der Waals surface area contributed by atoms with Crippen molar-refractivity contribution in [3.8, 4) is 0 Å². The van der Waals surface area contributed by atoms with Gasteiger partial charge >= 0.3 is 5.63 Å². The lowest BCUT2D eigenvalue weighted by molar-refractivity contribution is 0.0723. The molecule has 1 atom stereocenters. The van der Waals surface area contributed by atoms with Crippen LogP contribution in [0.3, 0.4) is 0 Å². The Kier molecular flexibility index (Phi) is 9.37.